The molecule has 3 aromatic carbocycles. The van der Waals surface area contributed by atoms with Gasteiger partial charge in [0.05, 0.1) is 30.8 Å². The molecular weight excluding hydrogens is 466 g/mol. The molecule has 0 radical (unpaired) electrons. The minimum Gasteiger partial charge on any atom is -0.493 e. The number of nitrogens with zero attached hydrogens (tertiary/aromatic N) is 1. The number of methoxy groups -OCH3 is 2. The molecule has 0 aliphatic rings. The van der Waals surface area contributed by atoms with Crippen LogP contribution in [0.25, 0.3) is 0 Å². The molecule has 0 aromatic heterocycles. The van der Waals surface area contributed by atoms with Gasteiger partial charge in [-0.2, -0.15) is 0 Å². The van der Waals surface area contributed by atoms with E-state index in [1.807, 2.05) is 0 Å². The molecular formula is C24H24F2N2O5S. The summed E-state index contributed by atoms with van der Waals surface area (Å²) >= 11 is 0. The number of rotatable bonds is 9. The summed E-state index contributed by atoms with van der Waals surface area (Å²) in [6.07, 6.45) is 0. The van der Waals surface area contributed by atoms with Gasteiger partial charge in [-0.1, -0.05) is 12.1 Å². The number of sulfonamides is 1. The van der Waals surface area contributed by atoms with Gasteiger partial charge < -0.3 is 14.8 Å². The van der Waals surface area contributed by atoms with Gasteiger partial charge in [0.2, 0.25) is 5.91 Å². The summed E-state index contributed by atoms with van der Waals surface area (Å²) in [6.45, 7) is 1.12. The van der Waals surface area contributed by atoms with Crippen molar-refractivity contribution in [2.24, 2.45) is 0 Å². The van der Waals surface area contributed by atoms with E-state index in [0.717, 1.165) is 16.4 Å². The summed E-state index contributed by atoms with van der Waals surface area (Å²) in [7, 11) is -1.47. The van der Waals surface area contributed by atoms with Crippen molar-refractivity contribution in [2.75, 3.05) is 25.1 Å². The molecule has 0 spiro atoms. The first-order chi connectivity index (χ1) is 16.1. The van der Waals surface area contributed by atoms with Gasteiger partial charge in [0.15, 0.2) is 11.5 Å². The Morgan fingerprint density at radius 3 is 2.03 bits per heavy atom. The minimum absolute atomic E-state index is 0.0979. The van der Waals surface area contributed by atoms with Crippen molar-refractivity contribution in [1.82, 2.24) is 5.32 Å². The Bertz CT molecular complexity index is 1250. The van der Waals surface area contributed by atoms with Gasteiger partial charge in [0, 0.05) is 6.07 Å². The van der Waals surface area contributed by atoms with Gasteiger partial charge in [-0.15, -0.1) is 0 Å². The molecule has 0 saturated heterocycles. The van der Waals surface area contributed by atoms with Crippen LogP contribution in [0, 0.1) is 11.6 Å². The second kappa shape index (κ2) is 10.5. The molecule has 0 aliphatic heterocycles. The predicted octanol–water partition coefficient (Wildman–Crippen LogP) is 4.05. The molecule has 0 saturated carbocycles. The number of anilines is 1. The highest BCUT2D eigenvalue weighted by atomic mass is 32.2. The summed E-state index contributed by atoms with van der Waals surface area (Å²) in [5, 5.41) is 2.71. The fourth-order valence-corrected chi connectivity index (χ4v) is 4.72. The van der Waals surface area contributed by atoms with Crippen LogP contribution in [0.3, 0.4) is 0 Å². The number of amides is 1. The summed E-state index contributed by atoms with van der Waals surface area (Å²) in [4.78, 5) is 12.7. The third kappa shape index (κ3) is 5.63. The van der Waals surface area contributed by atoms with Crippen LogP contribution >= 0.6 is 0 Å². The van der Waals surface area contributed by atoms with E-state index < -0.39 is 40.2 Å². The van der Waals surface area contributed by atoms with E-state index in [4.69, 9.17) is 9.47 Å². The number of carbonyl (C=O) groups is 1. The molecule has 7 nitrogen and oxygen atoms in total. The van der Waals surface area contributed by atoms with E-state index in [-0.39, 0.29) is 16.3 Å². The molecule has 1 N–H and O–H groups in total. The summed E-state index contributed by atoms with van der Waals surface area (Å²) in [5.41, 5.74) is 0.742. The van der Waals surface area contributed by atoms with Crippen LogP contribution in [0.1, 0.15) is 18.5 Å². The molecule has 0 bridgehead atoms. The maximum Gasteiger partial charge on any atom is 0.264 e. The number of hydrogen-bond acceptors (Lipinski definition) is 5. The van der Waals surface area contributed by atoms with Crippen LogP contribution in [-0.2, 0) is 14.8 Å². The summed E-state index contributed by atoms with van der Waals surface area (Å²) < 4.78 is 65.0. The van der Waals surface area contributed by atoms with Gasteiger partial charge in [-0.25, -0.2) is 17.2 Å². The van der Waals surface area contributed by atoms with Gasteiger partial charge in [0.1, 0.15) is 18.2 Å². The van der Waals surface area contributed by atoms with E-state index >= 15 is 0 Å². The third-order valence-electron chi connectivity index (χ3n) is 5.09. The Morgan fingerprint density at radius 2 is 1.47 bits per heavy atom. The first-order valence-electron chi connectivity index (χ1n) is 10.2. The zero-order valence-electron chi connectivity index (χ0n) is 18.8. The smallest absolute Gasteiger partial charge is 0.264 e. The second-order valence-electron chi connectivity index (χ2n) is 7.35. The maximum absolute atomic E-state index is 13.5. The van der Waals surface area contributed by atoms with Crippen molar-refractivity contribution < 1.29 is 31.5 Å². The molecule has 0 unspecified atom stereocenters. The lowest BCUT2D eigenvalue weighted by Crippen LogP contribution is -2.41. The van der Waals surface area contributed by atoms with E-state index in [1.165, 1.54) is 68.8 Å². The van der Waals surface area contributed by atoms with Crippen LogP contribution in [0.2, 0.25) is 0 Å². The Balaban J connectivity index is 1.93. The Kier molecular flexibility index (Phi) is 7.72. The molecule has 0 aliphatic carbocycles. The highest BCUT2D eigenvalue weighted by molar-refractivity contribution is 7.92. The molecule has 180 valence electrons. The highest BCUT2D eigenvalue weighted by Crippen LogP contribution is 2.32. The number of carbonyl (C=O) groups excluding carboxylic acids is 1. The Hall–Kier alpha value is -3.66. The number of benzene rings is 3. The van der Waals surface area contributed by atoms with Crippen LogP contribution in [0.5, 0.6) is 11.5 Å². The second-order valence-corrected chi connectivity index (χ2v) is 9.21. The molecule has 3 rings (SSSR count). The lowest BCUT2D eigenvalue weighted by molar-refractivity contribution is -0.120. The zero-order valence-corrected chi connectivity index (χ0v) is 19.6. The fourth-order valence-electron chi connectivity index (χ4n) is 3.28. The molecule has 0 heterocycles. The van der Waals surface area contributed by atoms with E-state index in [9.17, 15) is 22.0 Å². The summed E-state index contributed by atoms with van der Waals surface area (Å²) in [6, 6.07) is 13.9. The number of ether oxygens (including phenoxy) is 2. The SMILES string of the molecule is COc1ccc(S(=O)(=O)N(CC(=O)N[C@@H](C)c2ccc(F)cc2)c2ccc(F)cc2)cc1OC. The van der Waals surface area contributed by atoms with E-state index in [2.05, 4.69) is 5.32 Å². The van der Waals surface area contributed by atoms with Gasteiger partial charge >= 0.3 is 0 Å². The molecule has 1 amide bonds. The largest absolute Gasteiger partial charge is 0.493 e. The molecule has 3 aromatic rings. The van der Waals surface area contributed by atoms with Crippen molar-refractivity contribution in [3.8, 4) is 11.5 Å². The summed E-state index contributed by atoms with van der Waals surface area (Å²) in [5.74, 6) is -1.05. The molecule has 1 atom stereocenters. The molecule has 10 heteroatoms. The van der Waals surface area contributed by atoms with Crippen LogP contribution in [0.15, 0.2) is 71.6 Å². The van der Waals surface area contributed by atoms with Crippen molar-refractivity contribution in [2.45, 2.75) is 17.9 Å². The normalized spacial score (nSPS) is 12.0. The van der Waals surface area contributed by atoms with Crippen molar-refractivity contribution >= 4 is 21.6 Å². The topological polar surface area (TPSA) is 84.9 Å². The Labute approximate surface area is 197 Å². The first kappa shape index (κ1) is 25.0. The van der Waals surface area contributed by atoms with Gasteiger partial charge in [-0.3, -0.25) is 9.10 Å². The average Bonchev–Trinajstić information content (AvgIpc) is 2.83. The standard InChI is InChI=1S/C24H24F2N2O5S/c1-16(17-4-6-18(25)7-5-17)27-24(29)15-28(20-10-8-19(26)9-11-20)34(30,31)21-12-13-22(32-2)23(14-21)33-3/h4-14,16H,15H2,1-3H3,(H,27,29)/t16-/m0/s1. The quantitative estimate of drug-likeness (QED) is 0.489. The number of nitrogens with one attached hydrogen (secondary N) is 1. The Morgan fingerprint density at radius 1 is 0.912 bits per heavy atom. The minimum atomic E-state index is -4.26. The van der Waals surface area contributed by atoms with Gasteiger partial charge in [0.25, 0.3) is 10.0 Å². The number of hydrogen-bond donors (Lipinski definition) is 1. The number of halogens is 2. The lowest BCUT2D eigenvalue weighted by Gasteiger charge is -2.25. The van der Waals surface area contributed by atoms with Crippen molar-refractivity contribution in [1.29, 1.82) is 0 Å². The maximum atomic E-state index is 13.5. The van der Waals surface area contributed by atoms with Gasteiger partial charge in [-0.05, 0) is 61.0 Å². The lowest BCUT2D eigenvalue weighted by atomic mass is 10.1. The molecule has 0 fully saturated rings. The first-order valence-corrected chi connectivity index (χ1v) is 11.6. The fraction of sp³-hybridized carbons (Fsp3) is 0.208. The predicted molar refractivity (Wildman–Crippen MR) is 123 cm³/mol. The highest BCUT2D eigenvalue weighted by Gasteiger charge is 2.29. The average molecular weight is 491 g/mol. The zero-order chi connectivity index (χ0) is 24.9. The van der Waals surface area contributed by atoms with Crippen LogP contribution in [-0.4, -0.2) is 35.1 Å². The third-order valence-corrected chi connectivity index (χ3v) is 6.86. The monoisotopic (exact) mass is 490 g/mol. The van der Waals surface area contributed by atoms with E-state index in [1.54, 1.807) is 6.92 Å². The van der Waals surface area contributed by atoms with Crippen molar-refractivity contribution in [3.05, 3.63) is 83.9 Å². The van der Waals surface area contributed by atoms with Crippen LogP contribution < -0.4 is 19.1 Å². The van der Waals surface area contributed by atoms with E-state index in [0.29, 0.717) is 11.3 Å². The molecule has 34 heavy (non-hydrogen) atoms. The van der Waals surface area contributed by atoms with Crippen molar-refractivity contribution in [3.63, 3.8) is 0 Å². The van der Waals surface area contributed by atoms with Crippen LogP contribution in [0.4, 0.5) is 14.5 Å².